The summed E-state index contributed by atoms with van der Waals surface area (Å²) in [6.45, 7) is 7.24. The number of ether oxygens (including phenoxy) is 1. The van der Waals surface area contributed by atoms with Gasteiger partial charge in [-0.2, -0.15) is 4.98 Å². The molecule has 8 nitrogen and oxygen atoms in total. The molecule has 0 aliphatic carbocycles. The number of likely N-dealkylation sites (N-methyl/N-ethyl adjacent to an activating group) is 1. The van der Waals surface area contributed by atoms with Crippen molar-refractivity contribution in [2.45, 2.75) is 52.4 Å². The number of pyridine rings is 1. The van der Waals surface area contributed by atoms with Crippen LogP contribution in [0.2, 0.25) is 0 Å². The molecule has 2 aromatic heterocycles. The Morgan fingerprint density at radius 3 is 2.68 bits per heavy atom. The summed E-state index contributed by atoms with van der Waals surface area (Å²) in [5, 5.41) is 13.0. The van der Waals surface area contributed by atoms with E-state index in [4.69, 9.17) is 14.4 Å². The van der Waals surface area contributed by atoms with Crippen LogP contribution in [0.5, 0.6) is 0 Å². The first-order valence-corrected chi connectivity index (χ1v) is 8.04. The van der Waals surface area contributed by atoms with Crippen LogP contribution in [-0.2, 0) is 17.8 Å². The van der Waals surface area contributed by atoms with E-state index in [1.807, 2.05) is 27.7 Å². The van der Waals surface area contributed by atoms with Gasteiger partial charge in [-0.25, -0.2) is 4.79 Å². The molecule has 0 fully saturated rings. The Labute approximate surface area is 146 Å². The minimum Gasteiger partial charge on any atom is -0.444 e. The fourth-order valence-electron chi connectivity index (χ4n) is 2.01. The van der Waals surface area contributed by atoms with Crippen molar-refractivity contribution < 1.29 is 19.2 Å². The van der Waals surface area contributed by atoms with E-state index < -0.39 is 11.7 Å². The van der Waals surface area contributed by atoms with Crippen LogP contribution in [-0.4, -0.2) is 49.9 Å². The monoisotopic (exact) mass is 348 g/mol. The highest BCUT2D eigenvalue weighted by atomic mass is 16.6. The third-order valence-corrected chi connectivity index (χ3v) is 3.52. The molecule has 136 valence electrons. The van der Waals surface area contributed by atoms with Gasteiger partial charge in [-0.15, -0.1) is 0 Å². The molecule has 1 atom stereocenters. The van der Waals surface area contributed by atoms with E-state index in [2.05, 4.69) is 15.1 Å². The number of amides is 1. The fraction of sp³-hybridized carbons (Fsp3) is 0.529. The molecule has 2 rings (SSSR count). The topological polar surface area (TPSA) is 102 Å². The summed E-state index contributed by atoms with van der Waals surface area (Å²) in [5.74, 6) is 0.836. The van der Waals surface area contributed by atoms with Crippen LogP contribution in [0, 0.1) is 0 Å². The Balaban J connectivity index is 2.01. The van der Waals surface area contributed by atoms with E-state index >= 15 is 0 Å². The first-order chi connectivity index (χ1) is 11.7. The SMILES string of the molecule is CC(Cc1noc(-c2ccc(CO)nc2)n1)N(C)C(=O)OC(C)(C)C. The third-order valence-electron chi connectivity index (χ3n) is 3.52. The summed E-state index contributed by atoms with van der Waals surface area (Å²) in [7, 11) is 1.68. The van der Waals surface area contributed by atoms with E-state index in [9.17, 15) is 4.79 Å². The average molecular weight is 348 g/mol. The largest absolute Gasteiger partial charge is 0.444 e. The highest BCUT2D eigenvalue weighted by Crippen LogP contribution is 2.18. The van der Waals surface area contributed by atoms with Crippen molar-refractivity contribution in [2.24, 2.45) is 0 Å². The molecule has 0 radical (unpaired) electrons. The van der Waals surface area contributed by atoms with E-state index in [-0.39, 0.29) is 12.6 Å². The van der Waals surface area contributed by atoms with Gasteiger partial charge >= 0.3 is 6.09 Å². The number of carbonyl (C=O) groups is 1. The van der Waals surface area contributed by atoms with E-state index in [0.29, 0.717) is 29.4 Å². The van der Waals surface area contributed by atoms with Gasteiger partial charge in [0, 0.05) is 25.7 Å². The molecular formula is C17H24N4O4. The van der Waals surface area contributed by atoms with Gasteiger partial charge in [0.2, 0.25) is 0 Å². The molecule has 0 aliphatic rings. The summed E-state index contributed by atoms with van der Waals surface area (Å²) in [6, 6.07) is 3.29. The van der Waals surface area contributed by atoms with Gasteiger partial charge in [0.25, 0.3) is 5.89 Å². The summed E-state index contributed by atoms with van der Waals surface area (Å²) in [4.78, 5) is 22.0. The predicted octanol–water partition coefficient (Wildman–Crippen LogP) is 2.42. The summed E-state index contributed by atoms with van der Waals surface area (Å²) < 4.78 is 10.6. The molecule has 1 N–H and O–H groups in total. The molecule has 1 amide bonds. The Morgan fingerprint density at radius 2 is 2.12 bits per heavy atom. The van der Waals surface area contributed by atoms with Gasteiger partial charge in [0.05, 0.1) is 17.9 Å². The number of aliphatic hydroxyl groups excluding tert-OH is 1. The maximum Gasteiger partial charge on any atom is 0.410 e. The zero-order valence-electron chi connectivity index (χ0n) is 15.2. The quantitative estimate of drug-likeness (QED) is 0.885. The van der Waals surface area contributed by atoms with Crippen LogP contribution in [0.25, 0.3) is 11.5 Å². The van der Waals surface area contributed by atoms with E-state index in [0.717, 1.165) is 0 Å². The Morgan fingerprint density at radius 1 is 1.40 bits per heavy atom. The minimum atomic E-state index is -0.544. The molecule has 0 aliphatic heterocycles. The molecule has 0 aromatic carbocycles. The van der Waals surface area contributed by atoms with Crippen LogP contribution in [0.1, 0.15) is 39.2 Å². The summed E-state index contributed by atoms with van der Waals surface area (Å²) in [5.41, 5.74) is 0.693. The van der Waals surface area contributed by atoms with Gasteiger partial charge in [0.15, 0.2) is 5.82 Å². The molecule has 0 bridgehead atoms. The number of nitrogens with zero attached hydrogens (tertiary/aromatic N) is 4. The molecule has 0 saturated carbocycles. The lowest BCUT2D eigenvalue weighted by atomic mass is 10.2. The standard InChI is InChI=1S/C17H24N4O4/c1-11(21(5)16(23)24-17(2,3)4)8-14-19-15(25-20-14)12-6-7-13(10-22)18-9-12/h6-7,9,11,22H,8,10H2,1-5H3. The normalized spacial score (nSPS) is 12.7. The fourth-order valence-corrected chi connectivity index (χ4v) is 2.01. The van der Waals surface area contributed by atoms with Gasteiger partial charge in [-0.05, 0) is 39.8 Å². The average Bonchev–Trinajstić information content (AvgIpc) is 3.01. The number of hydrogen-bond donors (Lipinski definition) is 1. The van der Waals surface area contributed by atoms with E-state index in [1.165, 1.54) is 4.90 Å². The smallest absolute Gasteiger partial charge is 0.410 e. The van der Waals surface area contributed by atoms with Crippen LogP contribution >= 0.6 is 0 Å². The van der Waals surface area contributed by atoms with Crippen LogP contribution in [0.3, 0.4) is 0 Å². The van der Waals surface area contributed by atoms with Crippen molar-refractivity contribution in [1.29, 1.82) is 0 Å². The van der Waals surface area contributed by atoms with Gasteiger partial charge < -0.3 is 19.3 Å². The van der Waals surface area contributed by atoms with Crippen molar-refractivity contribution in [3.05, 3.63) is 29.8 Å². The second-order valence-corrected chi connectivity index (χ2v) is 6.86. The number of aliphatic hydroxyl groups is 1. The zero-order valence-corrected chi connectivity index (χ0v) is 15.2. The van der Waals surface area contributed by atoms with Gasteiger partial charge in [0.1, 0.15) is 5.60 Å². The highest BCUT2D eigenvalue weighted by molar-refractivity contribution is 5.68. The minimum absolute atomic E-state index is 0.121. The van der Waals surface area contributed by atoms with Gasteiger partial charge in [-0.1, -0.05) is 5.16 Å². The second-order valence-electron chi connectivity index (χ2n) is 6.86. The van der Waals surface area contributed by atoms with Crippen molar-refractivity contribution in [3.63, 3.8) is 0 Å². The van der Waals surface area contributed by atoms with Crippen molar-refractivity contribution in [3.8, 4) is 11.5 Å². The molecule has 8 heteroatoms. The molecule has 1 unspecified atom stereocenters. The lowest BCUT2D eigenvalue weighted by molar-refractivity contribution is 0.0234. The zero-order chi connectivity index (χ0) is 18.6. The first kappa shape index (κ1) is 18.9. The predicted molar refractivity (Wildman–Crippen MR) is 90.6 cm³/mol. The third kappa shape index (κ3) is 5.25. The summed E-state index contributed by atoms with van der Waals surface area (Å²) >= 11 is 0. The van der Waals surface area contributed by atoms with Gasteiger partial charge in [-0.3, -0.25) is 4.98 Å². The Kier molecular flexibility index (Phi) is 5.73. The molecule has 2 aromatic rings. The van der Waals surface area contributed by atoms with Crippen LogP contribution < -0.4 is 0 Å². The lowest BCUT2D eigenvalue weighted by Gasteiger charge is -2.28. The van der Waals surface area contributed by atoms with Crippen molar-refractivity contribution in [2.75, 3.05) is 7.05 Å². The maximum absolute atomic E-state index is 12.1. The first-order valence-electron chi connectivity index (χ1n) is 8.04. The van der Waals surface area contributed by atoms with Crippen molar-refractivity contribution >= 4 is 6.09 Å². The molecule has 0 spiro atoms. The highest BCUT2D eigenvalue weighted by Gasteiger charge is 2.24. The maximum atomic E-state index is 12.1. The number of carbonyl (C=O) groups excluding carboxylic acids is 1. The van der Waals surface area contributed by atoms with E-state index in [1.54, 1.807) is 25.4 Å². The summed E-state index contributed by atoms with van der Waals surface area (Å²) in [6.07, 6.45) is 1.60. The lowest BCUT2D eigenvalue weighted by Crippen LogP contribution is -2.40. The molecule has 2 heterocycles. The van der Waals surface area contributed by atoms with Crippen LogP contribution in [0.15, 0.2) is 22.9 Å². The second kappa shape index (κ2) is 7.60. The Bertz CT molecular complexity index is 706. The molecular weight excluding hydrogens is 324 g/mol. The number of rotatable bonds is 5. The molecule has 0 saturated heterocycles. The number of hydrogen-bond acceptors (Lipinski definition) is 7. The van der Waals surface area contributed by atoms with Crippen molar-refractivity contribution in [1.82, 2.24) is 20.0 Å². The Hall–Kier alpha value is -2.48. The number of aromatic nitrogens is 3. The van der Waals surface area contributed by atoms with Crippen LogP contribution in [0.4, 0.5) is 4.79 Å². The molecule has 25 heavy (non-hydrogen) atoms.